The molecule has 0 aromatic heterocycles. The van der Waals surface area contributed by atoms with Crippen LogP contribution in [-0.2, 0) is 23.6 Å². The molecule has 300 valence electrons. The van der Waals surface area contributed by atoms with Crippen molar-refractivity contribution in [3.05, 3.63) is 170 Å². The van der Waals surface area contributed by atoms with E-state index in [4.69, 9.17) is 42.6 Å². The van der Waals surface area contributed by atoms with Crippen LogP contribution in [0.1, 0.15) is 0 Å². The van der Waals surface area contributed by atoms with E-state index >= 15 is 0 Å². The molecule has 16 rings (SSSR count). The van der Waals surface area contributed by atoms with Crippen LogP contribution in [0.25, 0.3) is 32.3 Å². The lowest BCUT2D eigenvalue weighted by atomic mass is 9.99. The summed E-state index contributed by atoms with van der Waals surface area (Å²) in [7, 11) is 0. The molecule has 0 N–H and O–H groups in total. The SMILES string of the molecule is S=P12c3c4cccc3Oc3c1c(cc1ccccc31)N(c1ccccc1)c1c2c(cc2c3c5c(cc12)Oc1cccc2c1P5(=S)c1c(cc5ccccc5c1O2)N3c1ccccc1)O4. The highest BCUT2D eigenvalue weighted by Crippen LogP contribution is 2.70. The number of anilines is 6. The van der Waals surface area contributed by atoms with E-state index in [-0.39, 0.29) is 0 Å². The number of ether oxygens (including phenoxy) is 4. The number of nitrogens with zero attached hydrogens (tertiary/aromatic N) is 2. The first-order chi connectivity index (χ1) is 31.5. The number of para-hydroxylation sites is 2. The maximum Gasteiger partial charge on any atom is 0.146 e. The second-order valence-electron chi connectivity index (χ2n) is 17.0. The minimum Gasteiger partial charge on any atom is -0.456 e. The number of hydrogen-bond acceptors (Lipinski definition) is 8. The van der Waals surface area contributed by atoms with Gasteiger partial charge < -0.3 is 28.7 Å². The molecule has 64 heavy (non-hydrogen) atoms. The first-order valence-corrected chi connectivity index (χ1v) is 26.8. The lowest BCUT2D eigenvalue weighted by molar-refractivity contribution is 0.468. The number of hydrogen-bond donors (Lipinski definition) is 0. The van der Waals surface area contributed by atoms with Gasteiger partial charge in [-0.2, -0.15) is 0 Å². The molecule has 2 atom stereocenters. The van der Waals surface area contributed by atoms with E-state index < -0.39 is 12.1 Å². The topological polar surface area (TPSA) is 43.4 Å². The van der Waals surface area contributed by atoms with Crippen molar-refractivity contribution in [2.24, 2.45) is 0 Å². The van der Waals surface area contributed by atoms with Crippen molar-refractivity contribution in [2.45, 2.75) is 0 Å². The van der Waals surface area contributed by atoms with Crippen LogP contribution in [0.4, 0.5) is 34.1 Å². The molecular formula is C54H28N2O4P2S2. The predicted molar refractivity (Wildman–Crippen MR) is 268 cm³/mol. The summed E-state index contributed by atoms with van der Waals surface area (Å²) < 4.78 is 28.5. The van der Waals surface area contributed by atoms with Gasteiger partial charge >= 0.3 is 0 Å². The molecule has 0 saturated carbocycles. The molecule has 10 heteroatoms. The summed E-state index contributed by atoms with van der Waals surface area (Å²) in [4.78, 5) is 4.80. The van der Waals surface area contributed by atoms with Crippen LogP contribution in [-0.4, -0.2) is 0 Å². The zero-order valence-electron chi connectivity index (χ0n) is 33.4. The Bertz CT molecular complexity index is 3750. The third kappa shape index (κ3) is 3.91. The first kappa shape index (κ1) is 34.6. The highest BCUT2D eigenvalue weighted by atomic mass is 32.4. The lowest BCUT2D eigenvalue weighted by Gasteiger charge is -2.48. The third-order valence-corrected chi connectivity index (χ3v) is 23.5. The fourth-order valence-electron chi connectivity index (χ4n) is 11.4. The molecule has 0 saturated heterocycles. The maximum atomic E-state index is 7.37. The minimum atomic E-state index is -2.86. The van der Waals surface area contributed by atoms with Crippen molar-refractivity contribution in [1.29, 1.82) is 0 Å². The Hall–Kier alpha value is -6.92. The fourth-order valence-corrected chi connectivity index (χ4v) is 21.4. The predicted octanol–water partition coefficient (Wildman–Crippen LogP) is 12.6. The summed E-state index contributed by atoms with van der Waals surface area (Å²) in [5.74, 6) is 6.13. The van der Waals surface area contributed by atoms with E-state index in [1.165, 1.54) is 0 Å². The van der Waals surface area contributed by atoms with Gasteiger partial charge in [0.1, 0.15) is 46.0 Å². The fraction of sp³-hybridized carbons (Fsp3) is 0. The van der Waals surface area contributed by atoms with Crippen LogP contribution in [0.15, 0.2) is 170 Å². The molecule has 0 fully saturated rings. The van der Waals surface area contributed by atoms with Gasteiger partial charge in [-0.05, 0) is 83.6 Å². The molecule has 0 radical (unpaired) electrons. The molecule has 2 unspecified atom stereocenters. The smallest absolute Gasteiger partial charge is 0.146 e. The van der Waals surface area contributed by atoms with E-state index in [0.29, 0.717) is 0 Å². The maximum absolute atomic E-state index is 7.37. The number of benzene rings is 10. The van der Waals surface area contributed by atoms with Gasteiger partial charge in [-0.1, -0.05) is 121 Å². The van der Waals surface area contributed by atoms with Gasteiger partial charge in [0.15, 0.2) is 0 Å². The van der Waals surface area contributed by atoms with Crippen LogP contribution >= 0.6 is 12.1 Å². The van der Waals surface area contributed by atoms with Gasteiger partial charge in [-0.25, -0.2) is 0 Å². The summed E-state index contributed by atoms with van der Waals surface area (Å²) in [5, 5.41) is 12.3. The highest BCUT2D eigenvalue weighted by molar-refractivity contribution is 8.26. The van der Waals surface area contributed by atoms with Crippen LogP contribution in [0.3, 0.4) is 0 Å². The van der Waals surface area contributed by atoms with Gasteiger partial charge in [-0.15, -0.1) is 0 Å². The van der Waals surface area contributed by atoms with Crippen LogP contribution in [0.2, 0.25) is 0 Å². The van der Waals surface area contributed by atoms with Gasteiger partial charge in [0.05, 0.1) is 66.7 Å². The van der Waals surface area contributed by atoms with Gasteiger partial charge in [0, 0.05) is 32.9 Å². The van der Waals surface area contributed by atoms with Crippen LogP contribution in [0, 0.1) is 0 Å². The van der Waals surface area contributed by atoms with E-state index in [2.05, 4.69) is 143 Å². The van der Waals surface area contributed by atoms with Crippen molar-refractivity contribution < 1.29 is 18.9 Å². The third-order valence-electron chi connectivity index (χ3n) is 13.8. The van der Waals surface area contributed by atoms with E-state index in [0.717, 1.165) is 144 Å². The molecule has 0 spiro atoms. The largest absolute Gasteiger partial charge is 0.456 e. The number of rotatable bonds is 2. The average Bonchev–Trinajstić information content (AvgIpc) is 3.32. The van der Waals surface area contributed by atoms with E-state index in [1.54, 1.807) is 0 Å². The second-order valence-corrected chi connectivity index (χ2v) is 25.4. The first-order valence-electron chi connectivity index (χ1n) is 21.2. The highest BCUT2D eigenvalue weighted by Gasteiger charge is 2.54. The molecule has 10 aromatic rings. The Morgan fingerprint density at radius 2 is 0.719 bits per heavy atom. The second kappa shape index (κ2) is 11.6. The van der Waals surface area contributed by atoms with Crippen molar-refractivity contribution >= 4 is 134 Å². The zero-order valence-corrected chi connectivity index (χ0v) is 36.8. The normalized spacial score (nSPS) is 19.0. The zero-order chi connectivity index (χ0) is 41.8. The van der Waals surface area contributed by atoms with Crippen molar-refractivity contribution in [2.75, 3.05) is 9.80 Å². The summed E-state index contributed by atoms with van der Waals surface area (Å²) in [6, 6.07) is 53.8. The number of fused-ring (bicyclic) bond motifs is 7. The summed E-state index contributed by atoms with van der Waals surface area (Å²) in [6.07, 6.45) is 0. The Kier molecular flexibility index (Phi) is 6.27. The molecule has 6 nitrogen and oxygen atoms in total. The molecule has 0 amide bonds. The van der Waals surface area contributed by atoms with Crippen molar-refractivity contribution in [1.82, 2.24) is 0 Å². The average molecular weight is 895 g/mol. The lowest BCUT2D eigenvalue weighted by Crippen LogP contribution is -2.44. The summed E-state index contributed by atoms with van der Waals surface area (Å²) >= 11 is 14.7. The molecule has 6 aliphatic heterocycles. The molecular weight excluding hydrogens is 867 g/mol. The van der Waals surface area contributed by atoms with Crippen molar-refractivity contribution in [3.8, 4) is 46.0 Å². The summed E-state index contributed by atoms with van der Waals surface area (Å²) in [5.41, 5.74) is 6.00. The van der Waals surface area contributed by atoms with Gasteiger partial charge in [-0.3, -0.25) is 0 Å². The Balaban J connectivity index is 1.13. The molecule has 0 bridgehead atoms. The van der Waals surface area contributed by atoms with E-state index in [1.807, 2.05) is 36.4 Å². The standard InChI is InChI=1S/C54H28N2O4P2S2/c63-61-49-37-25-29-13-7-9-19-33(29)47(49)59-41-23-11-21-39(51(41)61)57-43-28-36-35(45(53(43)61)55(37)31-15-3-1-4-16-31)27-44-54-46(36)56(32-17-5-2-6-18-32)38-26-30-14-8-10-20-34(30)48-50(38)62(54,64)52-40(58-44)22-12-24-42(52)60-48/h1-28H. The Morgan fingerprint density at radius 1 is 0.328 bits per heavy atom. The molecule has 6 aliphatic rings. The van der Waals surface area contributed by atoms with Crippen LogP contribution in [0.5, 0.6) is 46.0 Å². The quantitative estimate of drug-likeness (QED) is 0.159. The van der Waals surface area contributed by atoms with Gasteiger partial charge in [0.25, 0.3) is 0 Å². The van der Waals surface area contributed by atoms with Crippen LogP contribution < -0.4 is 60.6 Å². The van der Waals surface area contributed by atoms with E-state index in [9.17, 15) is 0 Å². The Labute approximate surface area is 376 Å². The van der Waals surface area contributed by atoms with Gasteiger partial charge in [0.2, 0.25) is 0 Å². The van der Waals surface area contributed by atoms with Crippen molar-refractivity contribution in [3.63, 3.8) is 0 Å². The monoisotopic (exact) mass is 894 g/mol. The Morgan fingerprint density at radius 3 is 1.16 bits per heavy atom. The minimum absolute atomic E-state index is 0.739. The molecule has 10 aromatic carbocycles. The summed E-state index contributed by atoms with van der Waals surface area (Å²) in [6.45, 7) is 0. The molecule has 6 heterocycles. The molecule has 0 aliphatic carbocycles.